The normalized spacial score (nSPS) is 21.3. The van der Waals surface area contributed by atoms with Crippen molar-refractivity contribution in [2.75, 3.05) is 63.0 Å². The number of para-hydroxylation sites is 1. The first kappa shape index (κ1) is 39.3. The second kappa shape index (κ2) is 16.9. The number of anilines is 2. The van der Waals surface area contributed by atoms with Gasteiger partial charge in [0, 0.05) is 69.0 Å². The van der Waals surface area contributed by atoms with E-state index < -0.39 is 6.04 Å². The first-order valence-corrected chi connectivity index (χ1v) is 22.1. The fraction of sp³-hybridized carbons (Fsp3) is 0.447. The maximum Gasteiger partial charge on any atom is 0.255 e. The van der Waals surface area contributed by atoms with Crippen molar-refractivity contribution in [3.05, 3.63) is 90.3 Å². The summed E-state index contributed by atoms with van der Waals surface area (Å²) in [6.07, 6.45) is 9.06. The summed E-state index contributed by atoms with van der Waals surface area (Å²) in [7, 11) is 0. The second-order valence-electron chi connectivity index (χ2n) is 17.6. The highest BCUT2D eigenvalue weighted by atomic mass is 16.5. The molecule has 3 amide bonds. The van der Waals surface area contributed by atoms with Crippen LogP contribution in [-0.2, 0) is 16.1 Å². The molecule has 0 aliphatic carbocycles. The fourth-order valence-corrected chi connectivity index (χ4v) is 10.3. The Kier molecular flexibility index (Phi) is 10.9. The average molecular weight is 823 g/mol. The number of carbonyl (C=O) groups excluding carboxylic acids is 3. The molecule has 14 nitrogen and oxygen atoms in total. The lowest BCUT2D eigenvalue weighted by Crippen LogP contribution is -2.52. The second-order valence-corrected chi connectivity index (χ2v) is 17.6. The number of hydrogen-bond donors (Lipinski definition) is 2. The van der Waals surface area contributed by atoms with Crippen molar-refractivity contribution in [3.8, 4) is 22.8 Å². The summed E-state index contributed by atoms with van der Waals surface area (Å²) in [4.78, 5) is 55.8. The first-order valence-electron chi connectivity index (χ1n) is 22.1. The molecule has 1 atom stereocenters. The molecule has 1 unspecified atom stereocenters. The van der Waals surface area contributed by atoms with Crippen molar-refractivity contribution in [2.24, 2.45) is 11.8 Å². The minimum absolute atomic E-state index is 0.117. The number of carbonyl (C=O) groups is 3. The van der Waals surface area contributed by atoms with Gasteiger partial charge in [-0.3, -0.25) is 19.7 Å². The summed E-state index contributed by atoms with van der Waals surface area (Å²) in [5.41, 5.74) is 11.8. The van der Waals surface area contributed by atoms with E-state index in [1.165, 1.54) is 32.5 Å². The number of nitrogens with zero attached hydrogens (tertiary/aromatic N) is 8. The number of nitrogen functional groups attached to an aromatic ring is 1. The molecule has 10 rings (SSSR count). The number of likely N-dealkylation sites (tertiary alicyclic amines) is 2. The van der Waals surface area contributed by atoms with Gasteiger partial charge in [-0.05, 0) is 130 Å². The number of rotatable bonds is 10. The molecule has 5 aliphatic rings. The molecule has 0 spiro atoms. The molecule has 4 saturated heterocycles. The van der Waals surface area contributed by atoms with Gasteiger partial charge in [0.1, 0.15) is 35.4 Å². The maximum absolute atomic E-state index is 13.2. The molecule has 3 N–H and O–H groups in total. The topological polar surface area (TPSA) is 155 Å². The summed E-state index contributed by atoms with van der Waals surface area (Å²) in [5.74, 6) is 2.67. The van der Waals surface area contributed by atoms with Crippen LogP contribution in [0.4, 0.5) is 11.5 Å². The standard InChI is InChI=1S/C47H54N10O4/c48-44-42-43(33-6-9-38(10-7-33)61-37-4-2-1-3-5-37)52-57(45(42)50-30-49-44)35-18-22-54(23-19-35)27-31-14-20-53(21-15-31)28-32-16-24-55(25-17-32)36-8-11-39-34(26-36)29-56(47(39)60)40-12-13-41(58)51-46(40)59/h1-11,26,30-32,35,40H,12-25,27-29H2,(H2,48,49,50)(H,51,58,59). The molecule has 0 bridgehead atoms. The molecule has 7 heterocycles. The Morgan fingerprint density at radius 2 is 1.41 bits per heavy atom. The summed E-state index contributed by atoms with van der Waals surface area (Å²) in [6.45, 7) is 9.20. The van der Waals surface area contributed by atoms with E-state index in [1.807, 2.05) is 60.7 Å². The molecular formula is C47H54N10O4. The third-order valence-corrected chi connectivity index (χ3v) is 13.8. The van der Waals surface area contributed by atoms with Crippen molar-refractivity contribution in [2.45, 2.75) is 70.0 Å². The molecule has 0 radical (unpaired) electrons. The van der Waals surface area contributed by atoms with Gasteiger partial charge in [-0.2, -0.15) is 5.10 Å². The van der Waals surface area contributed by atoms with E-state index in [2.05, 4.69) is 46.8 Å². The highest BCUT2D eigenvalue weighted by Gasteiger charge is 2.39. The van der Waals surface area contributed by atoms with Crippen molar-refractivity contribution in [1.82, 2.24) is 39.8 Å². The number of nitrogens with two attached hydrogens (primary N) is 1. The molecular weight excluding hydrogens is 769 g/mol. The van der Waals surface area contributed by atoms with Gasteiger partial charge >= 0.3 is 0 Å². The van der Waals surface area contributed by atoms with Gasteiger partial charge in [0.15, 0.2) is 5.65 Å². The van der Waals surface area contributed by atoms with Crippen molar-refractivity contribution in [1.29, 1.82) is 0 Å². The molecule has 3 aromatic carbocycles. The maximum atomic E-state index is 13.2. The SMILES string of the molecule is Nc1ncnc2c1c(-c1ccc(Oc3ccccc3)cc1)nn2C1CCN(CC2CCN(CC3CCN(c4ccc5c(c4)CN(C4CCC(=O)NC4=O)C5=O)CC3)CC2)CC1. The Bertz CT molecular complexity index is 2400. The van der Waals surface area contributed by atoms with Gasteiger partial charge in [-0.25, -0.2) is 14.6 Å². The molecule has 61 heavy (non-hydrogen) atoms. The van der Waals surface area contributed by atoms with E-state index in [4.69, 9.17) is 15.6 Å². The highest BCUT2D eigenvalue weighted by molar-refractivity contribution is 6.05. The van der Waals surface area contributed by atoms with E-state index in [0.717, 1.165) is 109 Å². The number of amides is 3. The number of benzene rings is 3. The average Bonchev–Trinajstić information content (AvgIpc) is 3.84. The van der Waals surface area contributed by atoms with Crippen molar-refractivity contribution < 1.29 is 19.1 Å². The Hall–Kier alpha value is -5.86. The Labute approximate surface area is 356 Å². The van der Waals surface area contributed by atoms with E-state index >= 15 is 0 Å². The third kappa shape index (κ3) is 8.18. The van der Waals surface area contributed by atoms with E-state index in [9.17, 15) is 14.4 Å². The zero-order valence-corrected chi connectivity index (χ0v) is 34.6. The zero-order chi connectivity index (χ0) is 41.5. The van der Waals surface area contributed by atoms with Crippen LogP contribution in [0.25, 0.3) is 22.3 Å². The van der Waals surface area contributed by atoms with Crippen LogP contribution in [0, 0.1) is 11.8 Å². The van der Waals surface area contributed by atoms with Crippen LogP contribution in [0.3, 0.4) is 0 Å². The van der Waals surface area contributed by atoms with Gasteiger partial charge < -0.3 is 30.1 Å². The van der Waals surface area contributed by atoms with Crippen LogP contribution < -0.4 is 20.7 Å². The molecule has 316 valence electrons. The predicted octanol–water partition coefficient (Wildman–Crippen LogP) is 5.89. The third-order valence-electron chi connectivity index (χ3n) is 13.8. The monoisotopic (exact) mass is 822 g/mol. The summed E-state index contributed by atoms with van der Waals surface area (Å²) in [5, 5.41) is 8.34. The van der Waals surface area contributed by atoms with Crippen LogP contribution in [0.1, 0.15) is 73.3 Å². The Balaban J connectivity index is 0.679. The molecule has 2 aromatic heterocycles. The number of nitrogens with one attached hydrogen (secondary N) is 1. The van der Waals surface area contributed by atoms with Gasteiger partial charge in [-0.1, -0.05) is 18.2 Å². The van der Waals surface area contributed by atoms with E-state index in [0.29, 0.717) is 30.3 Å². The van der Waals surface area contributed by atoms with Crippen LogP contribution in [0.5, 0.6) is 11.5 Å². The van der Waals surface area contributed by atoms with Crippen LogP contribution in [0.2, 0.25) is 0 Å². The highest BCUT2D eigenvalue weighted by Crippen LogP contribution is 2.37. The minimum atomic E-state index is -0.584. The predicted molar refractivity (Wildman–Crippen MR) is 233 cm³/mol. The molecule has 5 aliphatic heterocycles. The van der Waals surface area contributed by atoms with Crippen LogP contribution in [0.15, 0.2) is 79.1 Å². The molecule has 5 aromatic rings. The van der Waals surface area contributed by atoms with Crippen LogP contribution >= 0.6 is 0 Å². The summed E-state index contributed by atoms with van der Waals surface area (Å²) in [6, 6.07) is 23.5. The fourth-order valence-electron chi connectivity index (χ4n) is 10.3. The van der Waals surface area contributed by atoms with Gasteiger partial charge in [-0.15, -0.1) is 0 Å². The van der Waals surface area contributed by atoms with Crippen molar-refractivity contribution >= 4 is 40.3 Å². The lowest BCUT2D eigenvalue weighted by Gasteiger charge is -2.40. The molecule has 0 saturated carbocycles. The Morgan fingerprint density at radius 1 is 0.738 bits per heavy atom. The smallest absolute Gasteiger partial charge is 0.255 e. The summed E-state index contributed by atoms with van der Waals surface area (Å²) < 4.78 is 8.12. The summed E-state index contributed by atoms with van der Waals surface area (Å²) >= 11 is 0. The lowest BCUT2D eigenvalue weighted by atomic mass is 9.91. The zero-order valence-electron chi connectivity index (χ0n) is 34.6. The molecule has 14 heteroatoms. The van der Waals surface area contributed by atoms with E-state index in [-0.39, 0.29) is 30.2 Å². The Morgan fingerprint density at radius 3 is 2.11 bits per heavy atom. The van der Waals surface area contributed by atoms with Crippen molar-refractivity contribution in [3.63, 3.8) is 0 Å². The number of piperidine rings is 4. The van der Waals surface area contributed by atoms with Gasteiger partial charge in [0.25, 0.3) is 5.91 Å². The number of imide groups is 1. The first-order chi connectivity index (χ1) is 29.8. The largest absolute Gasteiger partial charge is 0.457 e. The van der Waals surface area contributed by atoms with E-state index in [1.54, 1.807) is 11.2 Å². The lowest BCUT2D eigenvalue weighted by molar-refractivity contribution is -0.136. The number of aromatic nitrogens is 4. The number of ether oxygens (including phenoxy) is 1. The number of hydrogen-bond acceptors (Lipinski definition) is 11. The number of fused-ring (bicyclic) bond motifs is 2. The van der Waals surface area contributed by atoms with Gasteiger partial charge in [0.05, 0.1) is 11.4 Å². The van der Waals surface area contributed by atoms with Crippen LogP contribution in [-0.4, -0.2) is 111 Å². The quantitative estimate of drug-likeness (QED) is 0.162. The molecule has 4 fully saturated rings. The van der Waals surface area contributed by atoms with Gasteiger partial charge in [0.2, 0.25) is 11.8 Å². The minimum Gasteiger partial charge on any atom is -0.457 e.